The van der Waals surface area contributed by atoms with Crippen molar-refractivity contribution in [3.63, 3.8) is 0 Å². The monoisotopic (exact) mass is 313 g/mol. The van der Waals surface area contributed by atoms with E-state index in [1.807, 2.05) is 25.1 Å². The number of methoxy groups -OCH3 is 2. The molecular weight excluding hydrogens is 294 g/mol. The Morgan fingerprint density at radius 1 is 1.17 bits per heavy atom. The van der Waals surface area contributed by atoms with Crippen LogP contribution in [-0.4, -0.2) is 30.8 Å². The first-order valence-electron chi connectivity index (χ1n) is 7.06. The van der Waals surface area contributed by atoms with E-state index in [1.165, 1.54) is 0 Å². The van der Waals surface area contributed by atoms with Gasteiger partial charge in [0, 0.05) is 30.6 Å². The van der Waals surface area contributed by atoms with Gasteiger partial charge < -0.3 is 9.47 Å². The minimum atomic E-state index is -0.280. The van der Waals surface area contributed by atoms with Gasteiger partial charge in [-0.05, 0) is 42.8 Å². The van der Waals surface area contributed by atoms with E-state index in [0.29, 0.717) is 17.9 Å². The second-order valence-corrected chi connectivity index (χ2v) is 4.83. The van der Waals surface area contributed by atoms with Crippen LogP contribution in [0.5, 0.6) is 5.75 Å². The van der Waals surface area contributed by atoms with Gasteiger partial charge in [-0.1, -0.05) is 0 Å². The highest BCUT2D eigenvalue weighted by molar-refractivity contribution is 6.01. The van der Waals surface area contributed by atoms with Crippen molar-refractivity contribution in [2.24, 2.45) is 5.10 Å². The second-order valence-electron chi connectivity index (χ2n) is 4.83. The molecule has 0 spiro atoms. The number of carbonyl (C=O) groups is 1. The Kier molecular flexibility index (Phi) is 5.82. The molecule has 0 unspecified atom stereocenters. The highest BCUT2D eigenvalue weighted by Crippen LogP contribution is 2.21. The Hall–Kier alpha value is -2.73. The van der Waals surface area contributed by atoms with Gasteiger partial charge in [0.1, 0.15) is 5.75 Å². The topological polar surface area (TPSA) is 72.8 Å². The molecule has 0 aliphatic heterocycles. The minimum Gasteiger partial charge on any atom is -0.496 e. The lowest BCUT2D eigenvalue weighted by molar-refractivity contribution is 0.0954. The molecule has 0 saturated carbocycles. The number of amides is 1. The van der Waals surface area contributed by atoms with Crippen LogP contribution in [0.4, 0.5) is 0 Å². The van der Waals surface area contributed by atoms with E-state index >= 15 is 0 Å². The molecule has 0 atom stereocenters. The van der Waals surface area contributed by atoms with Crippen LogP contribution in [0.25, 0.3) is 0 Å². The molecule has 1 aromatic carbocycles. The van der Waals surface area contributed by atoms with Gasteiger partial charge in [0.25, 0.3) is 5.91 Å². The summed E-state index contributed by atoms with van der Waals surface area (Å²) >= 11 is 0. The Balaban J connectivity index is 2.14. The highest BCUT2D eigenvalue weighted by atomic mass is 16.5. The Labute approximate surface area is 135 Å². The molecule has 0 radical (unpaired) electrons. The predicted molar refractivity (Wildman–Crippen MR) is 87.6 cm³/mol. The number of carbonyl (C=O) groups excluding carboxylic acids is 1. The molecule has 23 heavy (non-hydrogen) atoms. The quantitative estimate of drug-likeness (QED) is 0.656. The molecule has 0 aliphatic carbocycles. The van der Waals surface area contributed by atoms with Gasteiger partial charge in [0.05, 0.1) is 19.4 Å². The lowest BCUT2D eigenvalue weighted by atomic mass is 10.1. The standard InChI is InChI=1S/C17H19N3O3/c1-12(19-20-17(21)13-6-8-18-9-7-13)14-4-5-16(23-3)15(10-14)11-22-2/h4-10H,11H2,1-3H3,(H,20,21)/b19-12-. The number of nitrogens with zero attached hydrogens (tertiary/aromatic N) is 2. The van der Waals surface area contributed by atoms with Crippen molar-refractivity contribution in [1.82, 2.24) is 10.4 Å². The highest BCUT2D eigenvalue weighted by Gasteiger charge is 2.07. The van der Waals surface area contributed by atoms with Crippen molar-refractivity contribution in [1.29, 1.82) is 0 Å². The van der Waals surface area contributed by atoms with E-state index in [-0.39, 0.29) is 5.91 Å². The van der Waals surface area contributed by atoms with E-state index in [0.717, 1.165) is 16.9 Å². The third-order valence-corrected chi connectivity index (χ3v) is 3.27. The van der Waals surface area contributed by atoms with Crippen molar-refractivity contribution in [2.45, 2.75) is 13.5 Å². The maximum absolute atomic E-state index is 12.0. The number of pyridine rings is 1. The van der Waals surface area contributed by atoms with Crippen molar-refractivity contribution in [2.75, 3.05) is 14.2 Å². The van der Waals surface area contributed by atoms with Crippen LogP contribution in [0.1, 0.15) is 28.4 Å². The van der Waals surface area contributed by atoms with Crippen molar-refractivity contribution in [3.8, 4) is 5.75 Å². The number of hydrogen-bond donors (Lipinski definition) is 1. The summed E-state index contributed by atoms with van der Waals surface area (Å²) in [5.41, 5.74) is 5.53. The molecule has 0 saturated heterocycles. The molecular formula is C17H19N3O3. The van der Waals surface area contributed by atoms with Gasteiger partial charge in [-0.25, -0.2) is 5.43 Å². The zero-order chi connectivity index (χ0) is 16.7. The van der Waals surface area contributed by atoms with E-state index in [2.05, 4.69) is 15.5 Å². The van der Waals surface area contributed by atoms with Crippen molar-refractivity contribution >= 4 is 11.6 Å². The predicted octanol–water partition coefficient (Wildman–Crippen LogP) is 2.39. The lowest BCUT2D eigenvalue weighted by Gasteiger charge is -2.10. The molecule has 2 rings (SSSR count). The molecule has 6 nitrogen and oxygen atoms in total. The van der Waals surface area contributed by atoms with Crippen LogP contribution >= 0.6 is 0 Å². The number of nitrogens with one attached hydrogen (secondary N) is 1. The zero-order valence-electron chi connectivity index (χ0n) is 13.4. The van der Waals surface area contributed by atoms with Gasteiger partial charge in [-0.2, -0.15) is 5.10 Å². The van der Waals surface area contributed by atoms with Crippen LogP contribution in [-0.2, 0) is 11.3 Å². The number of ether oxygens (including phenoxy) is 2. The Morgan fingerprint density at radius 2 is 1.91 bits per heavy atom. The third kappa shape index (κ3) is 4.37. The normalized spacial score (nSPS) is 11.2. The molecule has 2 aromatic rings. The van der Waals surface area contributed by atoms with E-state index in [1.54, 1.807) is 38.7 Å². The molecule has 1 amide bonds. The first-order valence-corrected chi connectivity index (χ1v) is 7.06. The van der Waals surface area contributed by atoms with Crippen LogP contribution in [0.2, 0.25) is 0 Å². The van der Waals surface area contributed by atoms with Gasteiger partial charge in [-0.3, -0.25) is 9.78 Å². The average molecular weight is 313 g/mol. The number of benzene rings is 1. The summed E-state index contributed by atoms with van der Waals surface area (Å²) in [5, 5.41) is 4.14. The van der Waals surface area contributed by atoms with E-state index in [4.69, 9.17) is 9.47 Å². The Morgan fingerprint density at radius 3 is 2.57 bits per heavy atom. The molecule has 6 heteroatoms. The molecule has 1 aromatic heterocycles. The number of hydrogen-bond acceptors (Lipinski definition) is 5. The molecule has 1 N–H and O–H groups in total. The summed E-state index contributed by atoms with van der Waals surface area (Å²) in [6.45, 7) is 2.26. The average Bonchev–Trinajstić information content (AvgIpc) is 2.60. The Bertz CT molecular complexity index is 699. The van der Waals surface area contributed by atoms with Crippen LogP contribution in [0.3, 0.4) is 0 Å². The van der Waals surface area contributed by atoms with E-state index < -0.39 is 0 Å². The smallest absolute Gasteiger partial charge is 0.271 e. The summed E-state index contributed by atoms with van der Waals surface area (Å²) in [4.78, 5) is 15.8. The summed E-state index contributed by atoms with van der Waals surface area (Å²) in [6.07, 6.45) is 3.12. The van der Waals surface area contributed by atoms with Gasteiger partial charge in [0.15, 0.2) is 0 Å². The SMILES string of the molecule is COCc1cc(/C(C)=N\NC(=O)c2ccncc2)ccc1OC. The maximum atomic E-state index is 12.0. The van der Waals surface area contributed by atoms with Crippen LogP contribution in [0.15, 0.2) is 47.8 Å². The third-order valence-electron chi connectivity index (χ3n) is 3.27. The molecule has 0 bridgehead atoms. The largest absolute Gasteiger partial charge is 0.496 e. The molecule has 1 heterocycles. The zero-order valence-corrected chi connectivity index (χ0v) is 13.4. The minimum absolute atomic E-state index is 0.280. The van der Waals surface area contributed by atoms with E-state index in [9.17, 15) is 4.79 Å². The van der Waals surface area contributed by atoms with Gasteiger partial charge >= 0.3 is 0 Å². The first-order chi connectivity index (χ1) is 11.2. The fraction of sp³-hybridized carbons (Fsp3) is 0.235. The van der Waals surface area contributed by atoms with Crippen LogP contribution < -0.4 is 10.2 Å². The molecule has 0 aliphatic rings. The maximum Gasteiger partial charge on any atom is 0.271 e. The lowest BCUT2D eigenvalue weighted by Crippen LogP contribution is -2.19. The number of hydrazone groups is 1. The summed E-state index contributed by atoms with van der Waals surface area (Å²) in [5.74, 6) is 0.474. The van der Waals surface area contributed by atoms with Crippen molar-refractivity contribution < 1.29 is 14.3 Å². The fourth-order valence-electron chi connectivity index (χ4n) is 2.04. The van der Waals surface area contributed by atoms with Crippen LogP contribution in [0, 0.1) is 0 Å². The first kappa shape index (κ1) is 16.6. The molecule has 0 fully saturated rings. The van der Waals surface area contributed by atoms with Gasteiger partial charge in [0.2, 0.25) is 0 Å². The number of aromatic nitrogens is 1. The molecule has 120 valence electrons. The van der Waals surface area contributed by atoms with Crippen molar-refractivity contribution in [3.05, 3.63) is 59.4 Å². The van der Waals surface area contributed by atoms with Gasteiger partial charge in [-0.15, -0.1) is 0 Å². The number of rotatable bonds is 6. The fourth-order valence-corrected chi connectivity index (χ4v) is 2.04. The second kappa shape index (κ2) is 8.05. The summed E-state index contributed by atoms with van der Waals surface area (Å²) in [7, 11) is 3.24. The summed E-state index contributed by atoms with van der Waals surface area (Å²) < 4.78 is 10.5. The summed E-state index contributed by atoms with van der Waals surface area (Å²) in [6, 6.07) is 8.93.